The van der Waals surface area contributed by atoms with Crippen molar-refractivity contribution in [1.29, 1.82) is 0 Å². The molecule has 1 rings (SSSR count). The summed E-state index contributed by atoms with van der Waals surface area (Å²) in [7, 11) is 0. The summed E-state index contributed by atoms with van der Waals surface area (Å²) in [6, 6.07) is 4.25. The van der Waals surface area contributed by atoms with Crippen molar-refractivity contribution in [3.8, 4) is 0 Å². The number of nitrogens with one attached hydrogen (secondary N) is 1. The molecule has 110 valence electrons. The van der Waals surface area contributed by atoms with Crippen LogP contribution in [0.25, 0.3) is 0 Å². The third-order valence-corrected chi connectivity index (χ3v) is 3.45. The van der Waals surface area contributed by atoms with Crippen molar-refractivity contribution in [2.45, 2.75) is 32.7 Å². The van der Waals surface area contributed by atoms with Crippen LogP contribution in [0.2, 0.25) is 10.0 Å². The van der Waals surface area contributed by atoms with Crippen LogP contribution >= 0.6 is 23.2 Å². The van der Waals surface area contributed by atoms with E-state index in [2.05, 4.69) is 5.32 Å². The Morgan fingerprint density at radius 1 is 1.25 bits per heavy atom. The van der Waals surface area contributed by atoms with E-state index in [9.17, 15) is 9.59 Å². The molecule has 6 heteroatoms. The van der Waals surface area contributed by atoms with Gasteiger partial charge in [-0.25, -0.2) is 0 Å². The van der Waals surface area contributed by atoms with Gasteiger partial charge in [0, 0.05) is 22.9 Å². The minimum absolute atomic E-state index is 0.178. The summed E-state index contributed by atoms with van der Waals surface area (Å²) < 4.78 is 0. The van der Waals surface area contributed by atoms with Crippen LogP contribution in [0.5, 0.6) is 0 Å². The normalized spacial score (nSPS) is 12.2. The lowest BCUT2D eigenvalue weighted by atomic mass is 10.0. The second-order valence-corrected chi connectivity index (χ2v) is 5.84. The van der Waals surface area contributed by atoms with Gasteiger partial charge in [0.05, 0.1) is 0 Å². The van der Waals surface area contributed by atoms with E-state index in [-0.39, 0.29) is 18.2 Å². The highest BCUT2D eigenvalue weighted by Crippen LogP contribution is 2.25. The highest BCUT2D eigenvalue weighted by molar-refractivity contribution is 6.36. The Hall–Kier alpha value is -1.26. The predicted octanol–water partition coefficient (Wildman–Crippen LogP) is 2.55. The Labute approximate surface area is 128 Å². The van der Waals surface area contributed by atoms with Crippen molar-refractivity contribution in [2.75, 3.05) is 0 Å². The van der Waals surface area contributed by atoms with Crippen molar-refractivity contribution in [1.82, 2.24) is 5.32 Å². The van der Waals surface area contributed by atoms with Gasteiger partial charge in [0.1, 0.15) is 6.04 Å². The number of halogens is 2. The Morgan fingerprint density at radius 3 is 2.25 bits per heavy atom. The van der Waals surface area contributed by atoms with Crippen LogP contribution < -0.4 is 11.1 Å². The molecule has 0 bridgehead atoms. The van der Waals surface area contributed by atoms with Gasteiger partial charge < -0.3 is 11.1 Å². The van der Waals surface area contributed by atoms with Gasteiger partial charge in [-0.3, -0.25) is 9.59 Å². The van der Waals surface area contributed by atoms with Crippen LogP contribution in [-0.4, -0.2) is 17.9 Å². The first kappa shape index (κ1) is 16.8. The van der Waals surface area contributed by atoms with Crippen LogP contribution in [0.1, 0.15) is 25.8 Å². The van der Waals surface area contributed by atoms with Gasteiger partial charge in [-0.15, -0.1) is 0 Å². The quantitative estimate of drug-likeness (QED) is 0.846. The monoisotopic (exact) mass is 316 g/mol. The van der Waals surface area contributed by atoms with E-state index in [4.69, 9.17) is 28.9 Å². The average molecular weight is 317 g/mol. The Bertz CT molecular complexity index is 484. The molecule has 0 unspecified atom stereocenters. The summed E-state index contributed by atoms with van der Waals surface area (Å²) in [4.78, 5) is 23.2. The maximum atomic E-state index is 11.7. The Kier molecular flexibility index (Phi) is 6.30. The molecule has 20 heavy (non-hydrogen) atoms. The molecule has 4 nitrogen and oxygen atoms in total. The van der Waals surface area contributed by atoms with Gasteiger partial charge in [-0.05, 0) is 23.6 Å². The first-order chi connectivity index (χ1) is 9.31. The highest BCUT2D eigenvalue weighted by Gasteiger charge is 2.21. The maximum absolute atomic E-state index is 11.7. The average Bonchev–Trinajstić information content (AvgIpc) is 2.31. The fourth-order valence-corrected chi connectivity index (χ4v) is 2.33. The number of hydrogen-bond donors (Lipinski definition) is 2. The Balaban J connectivity index is 2.83. The van der Waals surface area contributed by atoms with Gasteiger partial charge in [0.15, 0.2) is 0 Å². The van der Waals surface area contributed by atoms with Crippen molar-refractivity contribution in [3.63, 3.8) is 0 Å². The molecule has 0 aliphatic carbocycles. The van der Waals surface area contributed by atoms with Gasteiger partial charge in [0.25, 0.3) is 0 Å². The van der Waals surface area contributed by atoms with Gasteiger partial charge in [-0.2, -0.15) is 0 Å². The molecular formula is C14H18Cl2N2O2. The van der Waals surface area contributed by atoms with E-state index in [0.717, 1.165) is 0 Å². The van der Waals surface area contributed by atoms with Crippen molar-refractivity contribution >= 4 is 35.0 Å². The van der Waals surface area contributed by atoms with Crippen molar-refractivity contribution in [2.24, 2.45) is 11.7 Å². The van der Waals surface area contributed by atoms with Gasteiger partial charge in [0.2, 0.25) is 11.8 Å². The third-order valence-electron chi connectivity index (χ3n) is 2.74. The number of nitrogens with two attached hydrogens (primary N) is 1. The number of hydrogen-bond acceptors (Lipinski definition) is 2. The molecule has 0 fully saturated rings. The van der Waals surface area contributed by atoms with E-state index in [1.54, 1.807) is 18.2 Å². The predicted molar refractivity (Wildman–Crippen MR) is 80.7 cm³/mol. The van der Waals surface area contributed by atoms with E-state index < -0.39 is 11.9 Å². The molecule has 0 heterocycles. The van der Waals surface area contributed by atoms with E-state index in [0.29, 0.717) is 22.0 Å². The first-order valence-electron chi connectivity index (χ1n) is 6.32. The zero-order valence-electron chi connectivity index (χ0n) is 11.5. The third kappa shape index (κ3) is 5.02. The number of amides is 2. The molecule has 0 aromatic heterocycles. The van der Waals surface area contributed by atoms with Crippen LogP contribution in [0.3, 0.4) is 0 Å². The van der Waals surface area contributed by atoms with Gasteiger partial charge in [-0.1, -0.05) is 43.1 Å². The first-order valence-corrected chi connectivity index (χ1v) is 7.08. The van der Waals surface area contributed by atoms with E-state index >= 15 is 0 Å². The second kappa shape index (κ2) is 7.50. The molecule has 3 N–H and O–H groups in total. The fourth-order valence-electron chi connectivity index (χ4n) is 1.78. The number of benzene rings is 1. The molecule has 1 aromatic carbocycles. The molecule has 0 saturated carbocycles. The molecule has 1 aromatic rings. The smallest absolute Gasteiger partial charge is 0.240 e. The zero-order valence-corrected chi connectivity index (χ0v) is 13.0. The zero-order chi connectivity index (χ0) is 15.3. The molecule has 1 atom stereocenters. The molecule has 0 radical (unpaired) electrons. The van der Waals surface area contributed by atoms with Crippen molar-refractivity contribution in [3.05, 3.63) is 33.8 Å². The summed E-state index contributed by atoms with van der Waals surface area (Å²) >= 11 is 12.1. The SMILES string of the molecule is CC(C)CC(=O)N[C@H](Cc1c(Cl)cccc1Cl)C(N)=O. The standard InChI is InChI=1S/C14H18Cl2N2O2/c1-8(2)6-13(19)18-12(14(17)20)7-9-10(15)4-3-5-11(9)16/h3-5,8,12H,6-7H2,1-2H3,(H2,17,20)(H,18,19)/t12-/m1/s1. The maximum Gasteiger partial charge on any atom is 0.240 e. The lowest BCUT2D eigenvalue weighted by Crippen LogP contribution is -2.46. The largest absolute Gasteiger partial charge is 0.368 e. The van der Waals surface area contributed by atoms with E-state index in [1.165, 1.54) is 0 Å². The summed E-state index contributed by atoms with van der Waals surface area (Å²) in [5, 5.41) is 3.51. The van der Waals surface area contributed by atoms with Crippen LogP contribution in [0, 0.1) is 5.92 Å². The summed E-state index contributed by atoms with van der Waals surface area (Å²) in [6.07, 6.45) is 0.512. The number of rotatable bonds is 6. The molecule has 0 saturated heterocycles. The number of carbonyl (C=O) groups excluding carboxylic acids is 2. The van der Waals surface area contributed by atoms with Crippen LogP contribution in [0.15, 0.2) is 18.2 Å². The molecule has 0 spiro atoms. The van der Waals surface area contributed by atoms with Gasteiger partial charge >= 0.3 is 0 Å². The van der Waals surface area contributed by atoms with Crippen LogP contribution in [-0.2, 0) is 16.0 Å². The minimum atomic E-state index is -0.821. The molecule has 2 amide bonds. The minimum Gasteiger partial charge on any atom is -0.368 e. The van der Waals surface area contributed by atoms with Crippen molar-refractivity contribution < 1.29 is 9.59 Å². The molecule has 0 aliphatic rings. The molecular weight excluding hydrogens is 299 g/mol. The topological polar surface area (TPSA) is 72.2 Å². The fraction of sp³-hybridized carbons (Fsp3) is 0.429. The summed E-state index contributed by atoms with van der Waals surface area (Å²) in [5.74, 6) is -0.627. The summed E-state index contributed by atoms with van der Waals surface area (Å²) in [5.41, 5.74) is 5.93. The lowest BCUT2D eigenvalue weighted by Gasteiger charge is -2.17. The summed E-state index contributed by atoms with van der Waals surface area (Å²) in [6.45, 7) is 3.84. The lowest BCUT2D eigenvalue weighted by molar-refractivity contribution is -0.127. The number of carbonyl (C=O) groups is 2. The highest BCUT2D eigenvalue weighted by atomic mass is 35.5. The van der Waals surface area contributed by atoms with E-state index in [1.807, 2.05) is 13.8 Å². The van der Waals surface area contributed by atoms with Crippen LogP contribution in [0.4, 0.5) is 0 Å². The molecule has 0 aliphatic heterocycles. The number of primary amides is 1. The Morgan fingerprint density at radius 2 is 1.80 bits per heavy atom. The second-order valence-electron chi connectivity index (χ2n) is 5.02.